The van der Waals surface area contributed by atoms with Crippen LogP contribution < -0.4 is 4.90 Å². The molecule has 2 atom stereocenters. The second-order valence-corrected chi connectivity index (χ2v) is 6.68. The van der Waals surface area contributed by atoms with E-state index in [1.807, 2.05) is 25.1 Å². The molecule has 1 aliphatic heterocycles. The molecule has 0 bridgehead atoms. The van der Waals surface area contributed by atoms with E-state index in [2.05, 4.69) is 17.1 Å². The van der Waals surface area contributed by atoms with E-state index in [1.165, 1.54) is 16.7 Å². The summed E-state index contributed by atoms with van der Waals surface area (Å²) in [5.74, 6) is -2.41. The van der Waals surface area contributed by atoms with Crippen molar-refractivity contribution >= 4 is 18.2 Å². The van der Waals surface area contributed by atoms with Crippen molar-refractivity contribution in [1.29, 1.82) is 0 Å². The highest BCUT2D eigenvalue weighted by molar-refractivity contribution is 6.09. The van der Waals surface area contributed by atoms with Gasteiger partial charge < -0.3 is 19.1 Å². The smallest absolute Gasteiger partial charge is 0.325 e. The van der Waals surface area contributed by atoms with Crippen molar-refractivity contribution in [3.63, 3.8) is 0 Å². The lowest BCUT2D eigenvalue weighted by Crippen LogP contribution is -3.15. The van der Waals surface area contributed by atoms with Gasteiger partial charge >= 0.3 is 11.9 Å². The molecule has 28 heavy (non-hydrogen) atoms. The molecule has 1 saturated heterocycles. The van der Waals surface area contributed by atoms with Crippen LogP contribution in [0, 0.1) is 5.92 Å². The molecule has 0 spiro atoms. The Hall–Kier alpha value is -2.25. The van der Waals surface area contributed by atoms with Crippen molar-refractivity contribution in [2.75, 3.05) is 39.5 Å². The Kier molecular flexibility index (Phi) is 9.10. The van der Waals surface area contributed by atoms with Gasteiger partial charge in [0.2, 0.25) is 0 Å². The van der Waals surface area contributed by atoms with Gasteiger partial charge in [0.25, 0.3) is 0 Å². The first-order chi connectivity index (χ1) is 13.6. The van der Waals surface area contributed by atoms with Gasteiger partial charge in [0, 0.05) is 11.8 Å². The fourth-order valence-corrected chi connectivity index (χ4v) is 3.45. The standard InChI is InChI=1S/C21H30N2O5/c1-4-27-20(24)18(21(25)28-5-2)15-22-16(3)19(17-9-7-6-8-10-17)23-11-13-26-14-12-23/h6-10,15-16,18-19H,4-5,11-14H2,1-3H3/p+1/t16-,19-/m0/s1. The van der Waals surface area contributed by atoms with E-state index < -0.39 is 17.9 Å². The number of quaternary nitrogens is 1. The molecular formula is C21H31N2O5+. The summed E-state index contributed by atoms with van der Waals surface area (Å²) < 4.78 is 15.5. The Balaban J connectivity index is 2.22. The zero-order valence-corrected chi connectivity index (χ0v) is 16.9. The van der Waals surface area contributed by atoms with Gasteiger partial charge in [-0.3, -0.25) is 14.6 Å². The van der Waals surface area contributed by atoms with E-state index in [-0.39, 0.29) is 25.3 Å². The summed E-state index contributed by atoms with van der Waals surface area (Å²) in [6.45, 7) is 9.00. The summed E-state index contributed by atoms with van der Waals surface area (Å²) in [6, 6.07) is 10.2. The van der Waals surface area contributed by atoms with Crippen molar-refractivity contribution in [2.45, 2.75) is 32.9 Å². The van der Waals surface area contributed by atoms with E-state index in [0.29, 0.717) is 13.2 Å². The number of rotatable bonds is 9. The first-order valence-electron chi connectivity index (χ1n) is 9.92. The Bertz CT molecular complexity index is 625. The molecule has 1 aromatic carbocycles. The zero-order valence-electron chi connectivity index (χ0n) is 16.9. The quantitative estimate of drug-likeness (QED) is 0.384. The van der Waals surface area contributed by atoms with Gasteiger partial charge in [-0.2, -0.15) is 0 Å². The van der Waals surface area contributed by atoms with E-state index >= 15 is 0 Å². The predicted molar refractivity (Wildman–Crippen MR) is 105 cm³/mol. The van der Waals surface area contributed by atoms with Gasteiger partial charge in [-0.15, -0.1) is 0 Å². The maximum absolute atomic E-state index is 12.2. The van der Waals surface area contributed by atoms with Crippen LogP contribution >= 0.6 is 0 Å². The van der Waals surface area contributed by atoms with Gasteiger partial charge in [0.05, 0.1) is 26.4 Å². The van der Waals surface area contributed by atoms with Crippen molar-refractivity contribution in [1.82, 2.24) is 0 Å². The monoisotopic (exact) mass is 391 g/mol. The number of esters is 2. The zero-order chi connectivity index (χ0) is 20.4. The summed E-state index contributed by atoms with van der Waals surface area (Å²) in [6.07, 6.45) is 1.39. The lowest BCUT2D eigenvalue weighted by Gasteiger charge is -2.34. The Morgan fingerprint density at radius 3 is 2.21 bits per heavy atom. The van der Waals surface area contributed by atoms with Crippen LogP contribution in [-0.2, 0) is 23.8 Å². The molecule has 154 valence electrons. The number of carbonyl (C=O) groups is 2. The van der Waals surface area contributed by atoms with Crippen LogP contribution in [0.15, 0.2) is 35.3 Å². The highest BCUT2D eigenvalue weighted by Gasteiger charge is 2.33. The third-order valence-electron chi connectivity index (χ3n) is 4.77. The Morgan fingerprint density at radius 1 is 1.11 bits per heavy atom. The summed E-state index contributed by atoms with van der Waals surface area (Å²) in [4.78, 5) is 30.3. The number of aliphatic imine (C=N–C) groups is 1. The van der Waals surface area contributed by atoms with Crippen LogP contribution in [0.25, 0.3) is 0 Å². The van der Waals surface area contributed by atoms with Crippen LogP contribution in [0.3, 0.4) is 0 Å². The molecule has 0 unspecified atom stereocenters. The van der Waals surface area contributed by atoms with Crippen LogP contribution in [0.4, 0.5) is 0 Å². The molecule has 1 aromatic rings. The van der Waals surface area contributed by atoms with Crippen LogP contribution in [-0.4, -0.2) is 63.7 Å². The normalized spacial score (nSPS) is 17.4. The number of nitrogens with one attached hydrogen (secondary N) is 1. The molecule has 0 radical (unpaired) electrons. The molecule has 1 aliphatic rings. The molecule has 1 heterocycles. The van der Waals surface area contributed by atoms with Crippen molar-refractivity contribution < 1.29 is 28.7 Å². The number of nitrogens with zero attached hydrogens (tertiary/aromatic N) is 1. The minimum absolute atomic E-state index is 0.103. The first-order valence-corrected chi connectivity index (χ1v) is 9.92. The lowest BCUT2D eigenvalue weighted by molar-refractivity contribution is -0.940. The number of benzene rings is 1. The number of ether oxygens (including phenoxy) is 3. The average Bonchev–Trinajstić information content (AvgIpc) is 2.70. The minimum atomic E-state index is -1.14. The van der Waals surface area contributed by atoms with E-state index in [1.54, 1.807) is 13.8 Å². The topological polar surface area (TPSA) is 78.6 Å². The average molecular weight is 391 g/mol. The third kappa shape index (κ3) is 6.14. The highest BCUT2D eigenvalue weighted by atomic mass is 16.6. The maximum Gasteiger partial charge on any atom is 0.325 e. The third-order valence-corrected chi connectivity index (χ3v) is 4.77. The largest absolute Gasteiger partial charge is 0.465 e. The lowest BCUT2D eigenvalue weighted by atomic mass is 9.98. The number of carbonyl (C=O) groups excluding carboxylic acids is 2. The first kappa shape index (κ1) is 22.0. The van der Waals surface area contributed by atoms with E-state index in [0.717, 1.165) is 13.1 Å². The second kappa shape index (κ2) is 11.6. The molecule has 1 fully saturated rings. The van der Waals surface area contributed by atoms with Crippen LogP contribution in [0.2, 0.25) is 0 Å². The molecule has 0 saturated carbocycles. The summed E-state index contributed by atoms with van der Waals surface area (Å²) >= 11 is 0. The van der Waals surface area contributed by atoms with E-state index in [9.17, 15) is 9.59 Å². The maximum atomic E-state index is 12.2. The molecule has 0 aliphatic carbocycles. The van der Waals surface area contributed by atoms with Crippen LogP contribution in [0.1, 0.15) is 32.4 Å². The molecular weight excluding hydrogens is 360 g/mol. The Morgan fingerprint density at radius 2 is 1.68 bits per heavy atom. The summed E-state index contributed by atoms with van der Waals surface area (Å²) in [5, 5.41) is 0. The summed E-state index contributed by atoms with van der Waals surface area (Å²) in [5.41, 5.74) is 1.17. The van der Waals surface area contributed by atoms with Crippen molar-refractivity contribution in [3.05, 3.63) is 35.9 Å². The Labute approximate surface area is 166 Å². The van der Waals surface area contributed by atoms with Gasteiger partial charge in [-0.1, -0.05) is 30.3 Å². The highest BCUT2D eigenvalue weighted by Crippen LogP contribution is 2.17. The van der Waals surface area contributed by atoms with Gasteiger partial charge in [-0.25, -0.2) is 0 Å². The summed E-state index contributed by atoms with van der Waals surface area (Å²) in [7, 11) is 0. The minimum Gasteiger partial charge on any atom is -0.465 e. The van der Waals surface area contributed by atoms with Crippen molar-refractivity contribution in [2.24, 2.45) is 10.9 Å². The van der Waals surface area contributed by atoms with Gasteiger partial charge in [0.15, 0.2) is 5.92 Å². The van der Waals surface area contributed by atoms with Crippen molar-refractivity contribution in [3.8, 4) is 0 Å². The number of hydrogen-bond acceptors (Lipinski definition) is 6. The molecule has 0 aromatic heterocycles. The SMILES string of the molecule is CCOC(=O)C(C=N[C@@H](C)[C@@H](c1ccccc1)[NH+]1CCOCC1)C(=O)OCC. The number of morpholine rings is 1. The van der Waals surface area contributed by atoms with Crippen LogP contribution in [0.5, 0.6) is 0 Å². The number of hydrogen-bond donors (Lipinski definition) is 1. The second-order valence-electron chi connectivity index (χ2n) is 6.68. The predicted octanol–water partition coefficient (Wildman–Crippen LogP) is 0.845. The molecule has 7 heteroatoms. The van der Waals surface area contributed by atoms with Gasteiger partial charge in [0.1, 0.15) is 25.2 Å². The van der Waals surface area contributed by atoms with Gasteiger partial charge in [-0.05, 0) is 20.8 Å². The molecule has 7 nitrogen and oxygen atoms in total. The fourth-order valence-electron chi connectivity index (χ4n) is 3.45. The molecule has 2 rings (SSSR count). The molecule has 0 amide bonds. The van der Waals surface area contributed by atoms with E-state index in [4.69, 9.17) is 14.2 Å². The molecule has 1 N–H and O–H groups in total. The fraction of sp³-hybridized carbons (Fsp3) is 0.571.